The molecule has 0 saturated carbocycles. The van der Waals surface area contributed by atoms with Crippen molar-refractivity contribution >= 4 is 28.3 Å². The van der Waals surface area contributed by atoms with E-state index in [1.807, 2.05) is 0 Å². The zero-order valence-corrected chi connectivity index (χ0v) is 16.6. The molecule has 0 atom stereocenters. The molecule has 1 aromatic carbocycles. The van der Waals surface area contributed by atoms with Crippen LogP contribution in [0.15, 0.2) is 16.5 Å². The largest absolute Gasteiger partial charge is 0.493 e. The van der Waals surface area contributed by atoms with Crippen LogP contribution in [0.2, 0.25) is 0 Å². The van der Waals surface area contributed by atoms with Gasteiger partial charge in [-0.15, -0.1) is 10.2 Å². The molecule has 1 aliphatic heterocycles. The summed E-state index contributed by atoms with van der Waals surface area (Å²) in [5.41, 5.74) is 0.699. The minimum absolute atomic E-state index is 0.395. The summed E-state index contributed by atoms with van der Waals surface area (Å²) in [7, 11) is 4.69. The van der Waals surface area contributed by atoms with Crippen molar-refractivity contribution in [3.8, 4) is 28.7 Å². The number of thiocarbonyl (C=S) groups is 1. The van der Waals surface area contributed by atoms with Gasteiger partial charge in [-0.05, 0) is 25.0 Å². The van der Waals surface area contributed by atoms with Gasteiger partial charge >= 0.3 is 0 Å². The lowest BCUT2D eigenvalue weighted by Crippen LogP contribution is -2.23. The maximum absolute atomic E-state index is 5.78. The lowest BCUT2D eigenvalue weighted by molar-refractivity contribution is 0.324. The average Bonchev–Trinajstić information content (AvgIpc) is 3.36. The number of hydrogen-bond acceptors (Lipinski definition) is 8. The van der Waals surface area contributed by atoms with E-state index < -0.39 is 0 Å². The van der Waals surface area contributed by atoms with Gasteiger partial charge in [0.05, 0.1) is 27.1 Å². The Morgan fingerprint density at radius 3 is 2.35 bits per heavy atom. The van der Waals surface area contributed by atoms with Gasteiger partial charge in [0.1, 0.15) is 4.32 Å². The van der Waals surface area contributed by atoms with Crippen molar-refractivity contribution in [1.29, 1.82) is 0 Å². The summed E-state index contributed by atoms with van der Waals surface area (Å²) in [6.45, 7) is 2.07. The van der Waals surface area contributed by atoms with Crippen LogP contribution in [-0.4, -0.2) is 53.8 Å². The molecular formula is C17H21N3O4S2. The Morgan fingerprint density at radius 2 is 1.77 bits per heavy atom. The second-order valence-corrected chi connectivity index (χ2v) is 7.27. The predicted molar refractivity (Wildman–Crippen MR) is 104 cm³/mol. The quantitative estimate of drug-likeness (QED) is 0.685. The highest BCUT2D eigenvalue weighted by Gasteiger charge is 2.19. The molecular weight excluding hydrogens is 374 g/mol. The van der Waals surface area contributed by atoms with Crippen molar-refractivity contribution in [3.63, 3.8) is 0 Å². The van der Waals surface area contributed by atoms with Crippen molar-refractivity contribution < 1.29 is 18.6 Å². The maximum Gasteiger partial charge on any atom is 0.248 e. The molecule has 0 N–H and O–H groups in total. The van der Waals surface area contributed by atoms with Gasteiger partial charge in [-0.3, -0.25) is 0 Å². The molecule has 1 fully saturated rings. The topological polar surface area (TPSA) is 69.9 Å². The van der Waals surface area contributed by atoms with Crippen LogP contribution in [0.1, 0.15) is 18.7 Å². The van der Waals surface area contributed by atoms with E-state index >= 15 is 0 Å². The van der Waals surface area contributed by atoms with Crippen LogP contribution in [0.25, 0.3) is 11.5 Å². The van der Waals surface area contributed by atoms with Crippen molar-refractivity contribution in [2.45, 2.75) is 18.6 Å². The fraction of sp³-hybridized carbons (Fsp3) is 0.471. The molecule has 1 saturated heterocycles. The lowest BCUT2D eigenvalue weighted by Gasteiger charge is -2.16. The molecule has 0 aliphatic carbocycles. The molecule has 1 aromatic heterocycles. The molecule has 2 heterocycles. The Labute approximate surface area is 162 Å². The van der Waals surface area contributed by atoms with Crippen LogP contribution < -0.4 is 14.2 Å². The second-order valence-electron chi connectivity index (χ2n) is 5.66. The normalized spacial score (nSPS) is 13.7. The number of benzene rings is 1. The number of likely N-dealkylation sites (tertiary alicyclic amines) is 1. The van der Waals surface area contributed by atoms with Crippen molar-refractivity contribution in [2.24, 2.45) is 0 Å². The molecule has 0 spiro atoms. The summed E-state index contributed by atoms with van der Waals surface area (Å²) in [6.07, 6.45) is 2.40. The highest BCUT2D eigenvalue weighted by atomic mass is 32.2. The van der Waals surface area contributed by atoms with E-state index in [-0.39, 0.29) is 0 Å². The third-order valence-corrected chi connectivity index (χ3v) is 5.57. The van der Waals surface area contributed by atoms with Crippen LogP contribution in [0.3, 0.4) is 0 Å². The van der Waals surface area contributed by atoms with Gasteiger partial charge < -0.3 is 23.5 Å². The Hall–Kier alpha value is -2.00. The summed E-state index contributed by atoms with van der Waals surface area (Å²) >= 11 is 7.01. The molecule has 0 bridgehead atoms. The van der Waals surface area contributed by atoms with E-state index in [2.05, 4.69) is 15.1 Å². The first-order valence-electron chi connectivity index (χ1n) is 8.20. The minimum Gasteiger partial charge on any atom is -0.493 e. The number of thioether (sulfide) groups is 1. The minimum atomic E-state index is 0.395. The fourth-order valence-corrected chi connectivity index (χ4v) is 3.84. The maximum atomic E-state index is 5.78. The smallest absolute Gasteiger partial charge is 0.248 e. The van der Waals surface area contributed by atoms with Crippen LogP contribution in [0.5, 0.6) is 17.2 Å². The fourth-order valence-electron chi connectivity index (χ4n) is 2.75. The van der Waals surface area contributed by atoms with E-state index in [0.29, 0.717) is 40.3 Å². The number of ether oxygens (including phenoxy) is 3. The molecule has 0 amide bonds. The molecule has 3 rings (SSSR count). The third-order valence-electron chi connectivity index (χ3n) is 4.06. The number of hydrogen-bond donors (Lipinski definition) is 0. The van der Waals surface area contributed by atoms with Crippen LogP contribution in [-0.2, 0) is 5.75 Å². The molecule has 26 heavy (non-hydrogen) atoms. The van der Waals surface area contributed by atoms with Crippen LogP contribution in [0, 0.1) is 0 Å². The van der Waals surface area contributed by atoms with Gasteiger partial charge in [0.25, 0.3) is 0 Å². The van der Waals surface area contributed by atoms with Crippen molar-refractivity contribution in [2.75, 3.05) is 34.4 Å². The van der Waals surface area contributed by atoms with Crippen LogP contribution in [0.4, 0.5) is 0 Å². The van der Waals surface area contributed by atoms with E-state index in [9.17, 15) is 0 Å². The zero-order valence-electron chi connectivity index (χ0n) is 15.0. The van der Waals surface area contributed by atoms with E-state index in [1.54, 1.807) is 45.2 Å². The standard InChI is InChI=1S/C17H21N3O4S2/c1-21-12-8-11(9-13(22-2)15(12)23-3)16-19-18-14(24-16)10-26-17(25)20-6-4-5-7-20/h8-9H,4-7,10H2,1-3H3. The summed E-state index contributed by atoms with van der Waals surface area (Å²) < 4.78 is 22.7. The Bertz CT molecular complexity index is 750. The molecule has 1 aliphatic rings. The Balaban J connectivity index is 1.73. The third kappa shape index (κ3) is 4.04. The summed E-state index contributed by atoms with van der Waals surface area (Å²) in [6, 6.07) is 3.56. The van der Waals surface area contributed by atoms with Gasteiger partial charge in [-0.1, -0.05) is 24.0 Å². The number of rotatable bonds is 6. The second kappa shape index (κ2) is 8.59. The first-order chi connectivity index (χ1) is 12.7. The molecule has 0 radical (unpaired) electrons. The number of aromatic nitrogens is 2. The van der Waals surface area contributed by atoms with Crippen LogP contribution >= 0.6 is 24.0 Å². The first kappa shape index (κ1) is 18.8. The van der Waals surface area contributed by atoms with Gasteiger partial charge in [-0.2, -0.15) is 0 Å². The van der Waals surface area contributed by atoms with E-state index in [0.717, 1.165) is 17.4 Å². The molecule has 9 heteroatoms. The van der Waals surface area contributed by atoms with Crippen molar-refractivity contribution in [1.82, 2.24) is 15.1 Å². The first-order valence-corrected chi connectivity index (χ1v) is 9.60. The molecule has 2 aromatic rings. The molecule has 7 nitrogen and oxygen atoms in total. The monoisotopic (exact) mass is 395 g/mol. The van der Waals surface area contributed by atoms with Gasteiger partial charge in [0.2, 0.25) is 17.5 Å². The number of nitrogens with zero attached hydrogens (tertiary/aromatic N) is 3. The predicted octanol–water partition coefficient (Wildman–Crippen LogP) is 3.38. The SMILES string of the molecule is COc1cc(-c2nnc(CSC(=S)N3CCCC3)o2)cc(OC)c1OC. The Kier molecular flexibility index (Phi) is 6.20. The van der Waals surface area contributed by atoms with Gasteiger partial charge in [0.15, 0.2) is 11.5 Å². The Morgan fingerprint density at radius 1 is 1.12 bits per heavy atom. The van der Waals surface area contributed by atoms with Gasteiger partial charge in [-0.25, -0.2) is 0 Å². The summed E-state index contributed by atoms with van der Waals surface area (Å²) in [5, 5.41) is 8.25. The highest BCUT2D eigenvalue weighted by Crippen LogP contribution is 2.40. The highest BCUT2D eigenvalue weighted by molar-refractivity contribution is 8.22. The van der Waals surface area contributed by atoms with Crippen molar-refractivity contribution in [3.05, 3.63) is 18.0 Å². The summed E-state index contributed by atoms with van der Waals surface area (Å²) in [4.78, 5) is 2.22. The zero-order chi connectivity index (χ0) is 18.5. The summed E-state index contributed by atoms with van der Waals surface area (Å²) in [5.74, 6) is 3.06. The number of methoxy groups -OCH3 is 3. The lowest BCUT2D eigenvalue weighted by atomic mass is 10.2. The average molecular weight is 396 g/mol. The molecule has 0 unspecified atom stereocenters. The van der Waals surface area contributed by atoms with E-state index in [4.69, 9.17) is 30.8 Å². The van der Waals surface area contributed by atoms with Gasteiger partial charge in [0, 0.05) is 18.7 Å². The van der Waals surface area contributed by atoms with E-state index in [1.165, 1.54) is 12.8 Å². The molecule has 140 valence electrons.